The number of nitrogens with one attached hydrogen (secondary N) is 1. The fourth-order valence-electron chi connectivity index (χ4n) is 2.36. The highest BCUT2D eigenvalue weighted by Gasteiger charge is 2.19. The third-order valence-corrected chi connectivity index (χ3v) is 4.24. The fourth-order valence-corrected chi connectivity index (χ4v) is 2.95. The first kappa shape index (κ1) is 16.4. The van der Waals surface area contributed by atoms with Crippen LogP contribution in [0.5, 0.6) is 0 Å². The first-order valence-corrected chi connectivity index (χ1v) is 7.87. The van der Waals surface area contributed by atoms with Crippen molar-refractivity contribution >= 4 is 34.3 Å². The van der Waals surface area contributed by atoms with E-state index in [9.17, 15) is 18.0 Å². The average molecular weight is 351 g/mol. The second kappa shape index (κ2) is 6.60. The van der Waals surface area contributed by atoms with Crippen LogP contribution in [0.2, 0.25) is 0 Å². The molecule has 1 heterocycles. The largest absolute Gasteiger partial charge is 0.451 e. The molecule has 2 aromatic carbocycles. The Morgan fingerprint density at radius 1 is 1.21 bits per heavy atom. The Bertz CT molecular complexity index is 908. The predicted octanol–water partition coefficient (Wildman–Crippen LogP) is 5.45. The summed E-state index contributed by atoms with van der Waals surface area (Å²) >= 11 is 0.345. The van der Waals surface area contributed by atoms with Gasteiger partial charge in [-0.15, -0.1) is 0 Å². The van der Waals surface area contributed by atoms with Gasteiger partial charge in [-0.1, -0.05) is 23.9 Å². The van der Waals surface area contributed by atoms with Gasteiger partial charge < -0.3 is 9.73 Å². The number of carbonyl (C=O) groups is 1. The Morgan fingerprint density at radius 3 is 2.71 bits per heavy atom. The zero-order chi connectivity index (χ0) is 17.3. The maximum absolute atomic E-state index is 13.3. The van der Waals surface area contributed by atoms with Gasteiger partial charge in [0.1, 0.15) is 11.4 Å². The molecule has 0 bridgehead atoms. The summed E-state index contributed by atoms with van der Waals surface area (Å²) in [6.45, 7) is 1.64. The van der Waals surface area contributed by atoms with E-state index in [0.29, 0.717) is 28.3 Å². The molecule has 3 rings (SSSR count). The Balaban J connectivity index is 1.92. The average Bonchev–Trinajstić information content (AvgIpc) is 2.85. The monoisotopic (exact) mass is 351 g/mol. The van der Waals surface area contributed by atoms with E-state index in [1.165, 1.54) is 30.3 Å². The van der Waals surface area contributed by atoms with Crippen LogP contribution in [-0.4, -0.2) is 11.7 Å². The molecule has 0 aliphatic carbocycles. The highest BCUT2D eigenvalue weighted by Crippen LogP contribution is 2.33. The van der Waals surface area contributed by atoms with Gasteiger partial charge in [0.15, 0.2) is 5.76 Å². The maximum Gasteiger partial charge on any atom is 0.291 e. The van der Waals surface area contributed by atoms with Crippen molar-refractivity contribution in [3.05, 3.63) is 59.6 Å². The summed E-state index contributed by atoms with van der Waals surface area (Å²) < 4.78 is 44.0. The predicted molar refractivity (Wildman–Crippen MR) is 87.2 cm³/mol. The van der Waals surface area contributed by atoms with Crippen molar-refractivity contribution in [1.82, 2.24) is 0 Å². The molecule has 0 saturated heterocycles. The summed E-state index contributed by atoms with van der Waals surface area (Å²) in [7, 11) is 0. The number of benzene rings is 2. The van der Waals surface area contributed by atoms with Crippen LogP contribution in [0.15, 0.2) is 51.8 Å². The number of amides is 1. The molecule has 124 valence electrons. The molecule has 3 nitrogen and oxygen atoms in total. The van der Waals surface area contributed by atoms with Crippen molar-refractivity contribution in [1.29, 1.82) is 0 Å². The van der Waals surface area contributed by atoms with Crippen LogP contribution in [0.25, 0.3) is 11.0 Å². The molecule has 0 spiro atoms. The molecule has 1 aromatic heterocycles. The van der Waals surface area contributed by atoms with E-state index in [2.05, 4.69) is 5.32 Å². The molecule has 24 heavy (non-hydrogen) atoms. The summed E-state index contributed by atoms with van der Waals surface area (Å²) in [5, 5.41) is 3.06. The minimum Gasteiger partial charge on any atom is -0.451 e. The lowest BCUT2D eigenvalue weighted by molar-refractivity contribution is 0.0997. The Kier molecular flexibility index (Phi) is 4.53. The SMILES string of the molecule is Cc1c(C(=O)Nc2ccccc2SC(F)F)oc2ccc(F)cc12. The Hall–Kier alpha value is -2.41. The molecule has 0 atom stereocenters. The van der Waals surface area contributed by atoms with Crippen LogP contribution in [0.3, 0.4) is 0 Å². The van der Waals surface area contributed by atoms with Gasteiger partial charge in [0, 0.05) is 15.8 Å². The zero-order valence-corrected chi connectivity index (χ0v) is 13.3. The van der Waals surface area contributed by atoms with E-state index in [1.807, 2.05) is 0 Å². The molecule has 0 unspecified atom stereocenters. The normalized spacial score (nSPS) is 11.2. The van der Waals surface area contributed by atoms with Gasteiger partial charge in [-0.05, 0) is 37.3 Å². The minimum atomic E-state index is -2.60. The third-order valence-electron chi connectivity index (χ3n) is 3.46. The molecular formula is C17H12F3NO2S. The summed E-state index contributed by atoms with van der Waals surface area (Å²) in [6.07, 6.45) is 0. The number of halogens is 3. The van der Waals surface area contributed by atoms with Crippen LogP contribution in [0.4, 0.5) is 18.9 Å². The zero-order valence-electron chi connectivity index (χ0n) is 12.5. The standard InChI is InChI=1S/C17H12F3NO2S/c1-9-11-8-10(18)6-7-13(11)23-15(9)16(22)21-12-4-2-3-5-14(12)24-17(19)20/h2-8,17H,1H3,(H,21,22). The second-order valence-electron chi connectivity index (χ2n) is 5.03. The van der Waals surface area contributed by atoms with E-state index in [1.54, 1.807) is 19.1 Å². The number of anilines is 1. The molecule has 1 N–H and O–H groups in total. The van der Waals surface area contributed by atoms with Gasteiger partial charge in [-0.2, -0.15) is 8.78 Å². The number of hydrogen-bond donors (Lipinski definition) is 1. The van der Waals surface area contributed by atoms with Crippen molar-refractivity contribution in [2.45, 2.75) is 17.6 Å². The van der Waals surface area contributed by atoms with E-state index in [0.717, 1.165) is 0 Å². The molecule has 0 radical (unpaired) electrons. The van der Waals surface area contributed by atoms with E-state index < -0.39 is 17.5 Å². The minimum absolute atomic E-state index is 0.0208. The molecule has 1 amide bonds. The van der Waals surface area contributed by atoms with Gasteiger partial charge in [-0.3, -0.25) is 4.79 Å². The van der Waals surface area contributed by atoms with Gasteiger partial charge in [0.05, 0.1) is 5.69 Å². The van der Waals surface area contributed by atoms with Crippen LogP contribution < -0.4 is 5.32 Å². The lowest BCUT2D eigenvalue weighted by Crippen LogP contribution is -2.12. The van der Waals surface area contributed by atoms with Crippen molar-refractivity contribution in [2.24, 2.45) is 0 Å². The molecule has 0 saturated carbocycles. The lowest BCUT2D eigenvalue weighted by atomic mass is 10.1. The number of thioether (sulfide) groups is 1. The summed E-state index contributed by atoms with van der Waals surface area (Å²) in [5.74, 6) is -3.59. The lowest BCUT2D eigenvalue weighted by Gasteiger charge is -2.09. The Labute approximate surface area is 139 Å². The molecule has 0 aliphatic heterocycles. The van der Waals surface area contributed by atoms with Crippen molar-refractivity contribution in [3.63, 3.8) is 0 Å². The van der Waals surface area contributed by atoms with Crippen LogP contribution in [0, 0.1) is 12.7 Å². The van der Waals surface area contributed by atoms with Gasteiger partial charge in [0.2, 0.25) is 0 Å². The smallest absolute Gasteiger partial charge is 0.291 e. The quantitative estimate of drug-likeness (QED) is 0.636. The maximum atomic E-state index is 13.3. The number of fused-ring (bicyclic) bond motifs is 1. The number of carbonyl (C=O) groups excluding carboxylic acids is 1. The molecule has 3 aromatic rings. The summed E-state index contributed by atoms with van der Waals surface area (Å²) in [5.41, 5.74) is 1.13. The van der Waals surface area contributed by atoms with Crippen LogP contribution >= 0.6 is 11.8 Å². The van der Waals surface area contributed by atoms with Crippen LogP contribution in [-0.2, 0) is 0 Å². The number of furan rings is 1. The Morgan fingerprint density at radius 2 is 1.96 bits per heavy atom. The molecule has 0 aliphatic rings. The second-order valence-corrected chi connectivity index (χ2v) is 6.06. The van der Waals surface area contributed by atoms with Crippen LogP contribution in [0.1, 0.15) is 16.1 Å². The van der Waals surface area contributed by atoms with Gasteiger partial charge in [0.25, 0.3) is 11.7 Å². The van der Waals surface area contributed by atoms with Gasteiger partial charge >= 0.3 is 0 Å². The molecule has 7 heteroatoms. The van der Waals surface area contributed by atoms with E-state index >= 15 is 0 Å². The molecule has 0 fully saturated rings. The first-order chi connectivity index (χ1) is 11.5. The number of aryl methyl sites for hydroxylation is 1. The summed E-state index contributed by atoms with van der Waals surface area (Å²) in [6, 6.07) is 10.2. The van der Waals surface area contributed by atoms with Gasteiger partial charge in [-0.25, -0.2) is 4.39 Å². The number of hydrogen-bond acceptors (Lipinski definition) is 3. The third kappa shape index (κ3) is 3.26. The van der Waals surface area contributed by atoms with E-state index in [-0.39, 0.29) is 16.3 Å². The highest BCUT2D eigenvalue weighted by atomic mass is 32.2. The summed E-state index contributed by atoms with van der Waals surface area (Å²) in [4.78, 5) is 12.7. The van der Waals surface area contributed by atoms with E-state index in [4.69, 9.17) is 4.42 Å². The fraction of sp³-hybridized carbons (Fsp3) is 0.118. The highest BCUT2D eigenvalue weighted by molar-refractivity contribution is 7.99. The number of rotatable bonds is 4. The first-order valence-electron chi connectivity index (χ1n) is 6.99. The van der Waals surface area contributed by atoms with Crippen molar-refractivity contribution in [3.8, 4) is 0 Å². The molecular weight excluding hydrogens is 339 g/mol. The number of alkyl halides is 2. The topological polar surface area (TPSA) is 42.2 Å². The number of para-hydroxylation sites is 1. The van der Waals surface area contributed by atoms with Crippen molar-refractivity contribution < 1.29 is 22.4 Å². The van der Waals surface area contributed by atoms with Crippen molar-refractivity contribution in [2.75, 3.05) is 5.32 Å².